The summed E-state index contributed by atoms with van der Waals surface area (Å²) in [6.07, 6.45) is 5.42. The Hall–Kier alpha value is -0.830. The van der Waals surface area contributed by atoms with Crippen molar-refractivity contribution in [1.82, 2.24) is 9.78 Å². The Morgan fingerprint density at radius 3 is 2.53 bits per heavy atom. The van der Waals surface area contributed by atoms with E-state index in [4.69, 9.17) is 5.73 Å². The van der Waals surface area contributed by atoms with E-state index >= 15 is 0 Å². The van der Waals surface area contributed by atoms with E-state index in [1.165, 1.54) is 24.1 Å². The summed E-state index contributed by atoms with van der Waals surface area (Å²) in [5.41, 5.74) is 8.52. The topological polar surface area (TPSA) is 43.8 Å². The number of rotatable bonds is 5. The third kappa shape index (κ3) is 3.34. The van der Waals surface area contributed by atoms with Crippen LogP contribution in [0.5, 0.6) is 0 Å². The first-order chi connectivity index (χ1) is 7.02. The molecule has 86 valence electrons. The summed E-state index contributed by atoms with van der Waals surface area (Å²) in [4.78, 5) is 0. The monoisotopic (exact) mass is 209 g/mol. The Morgan fingerprint density at radius 2 is 2.07 bits per heavy atom. The van der Waals surface area contributed by atoms with Crippen molar-refractivity contribution in [3.63, 3.8) is 0 Å². The predicted octanol–water partition coefficient (Wildman–Crippen LogP) is 2.55. The Morgan fingerprint density at radius 1 is 1.40 bits per heavy atom. The molecule has 1 aromatic rings. The highest BCUT2D eigenvalue weighted by atomic mass is 15.3. The van der Waals surface area contributed by atoms with Crippen LogP contribution >= 0.6 is 0 Å². The van der Waals surface area contributed by atoms with Crippen molar-refractivity contribution in [3.05, 3.63) is 17.5 Å². The van der Waals surface area contributed by atoms with E-state index in [0.29, 0.717) is 0 Å². The first kappa shape index (κ1) is 12.2. The Kier molecular flexibility index (Phi) is 4.33. The molecule has 1 heterocycles. The fraction of sp³-hybridized carbons (Fsp3) is 0.750. The smallest absolute Gasteiger partial charge is 0.0540 e. The molecule has 0 saturated carbocycles. The van der Waals surface area contributed by atoms with Gasteiger partial charge in [-0.25, -0.2) is 0 Å². The van der Waals surface area contributed by atoms with Crippen LogP contribution in [0.2, 0.25) is 0 Å². The van der Waals surface area contributed by atoms with Crippen LogP contribution in [0.4, 0.5) is 0 Å². The van der Waals surface area contributed by atoms with Crippen LogP contribution in [0.1, 0.15) is 50.4 Å². The summed E-state index contributed by atoms with van der Waals surface area (Å²) in [6.45, 7) is 6.58. The molecular formula is C12H23N3. The maximum absolute atomic E-state index is 6.14. The third-order valence-corrected chi connectivity index (χ3v) is 2.97. The zero-order chi connectivity index (χ0) is 11.4. The summed E-state index contributed by atoms with van der Waals surface area (Å²) in [7, 11) is 1.96. The van der Waals surface area contributed by atoms with Crippen molar-refractivity contribution >= 4 is 0 Å². The van der Waals surface area contributed by atoms with Gasteiger partial charge in [-0.2, -0.15) is 5.10 Å². The maximum atomic E-state index is 6.14. The lowest BCUT2D eigenvalue weighted by atomic mass is 9.99. The molecule has 0 spiro atoms. The minimum Gasteiger partial charge on any atom is -0.324 e. The molecule has 0 aromatic carbocycles. The van der Waals surface area contributed by atoms with Crippen LogP contribution < -0.4 is 5.73 Å². The second-order valence-corrected chi connectivity index (χ2v) is 4.74. The molecular weight excluding hydrogens is 186 g/mol. The molecule has 3 nitrogen and oxygen atoms in total. The van der Waals surface area contributed by atoms with Crippen molar-refractivity contribution in [3.8, 4) is 0 Å². The van der Waals surface area contributed by atoms with Gasteiger partial charge in [0.05, 0.1) is 6.20 Å². The standard InChI is InChI=1S/C12H23N3/c1-9(2)6-5-7-12(13)11-8-14-15(4)10(11)3/h8-9,12H,5-7,13H2,1-4H3. The van der Waals surface area contributed by atoms with Gasteiger partial charge in [0, 0.05) is 24.3 Å². The highest BCUT2D eigenvalue weighted by Gasteiger charge is 2.12. The molecule has 0 fully saturated rings. The van der Waals surface area contributed by atoms with E-state index in [9.17, 15) is 0 Å². The van der Waals surface area contributed by atoms with Crippen molar-refractivity contribution in [1.29, 1.82) is 0 Å². The molecule has 1 atom stereocenters. The second kappa shape index (κ2) is 5.31. The Bertz CT molecular complexity index is 302. The lowest BCUT2D eigenvalue weighted by Crippen LogP contribution is -2.11. The number of aryl methyl sites for hydroxylation is 1. The van der Waals surface area contributed by atoms with Crippen LogP contribution in [-0.4, -0.2) is 9.78 Å². The van der Waals surface area contributed by atoms with Gasteiger partial charge in [0.2, 0.25) is 0 Å². The molecule has 1 unspecified atom stereocenters. The Labute approximate surface area is 92.7 Å². The van der Waals surface area contributed by atoms with Gasteiger partial charge in [-0.1, -0.05) is 26.7 Å². The van der Waals surface area contributed by atoms with Crippen LogP contribution in [0.3, 0.4) is 0 Å². The summed E-state index contributed by atoms with van der Waals surface area (Å²) < 4.78 is 1.89. The third-order valence-electron chi connectivity index (χ3n) is 2.97. The first-order valence-corrected chi connectivity index (χ1v) is 5.76. The molecule has 3 heteroatoms. The molecule has 0 radical (unpaired) electrons. The van der Waals surface area contributed by atoms with Crippen LogP contribution in [-0.2, 0) is 7.05 Å². The van der Waals surface area contributed by atoms with E-state index < -0.39 is 0 Å². The van der Waals surface area contributed by atoms with Crippen molar-refractivity contribution in [2.75, 3.05) is 0 Å². The molecule has 15 heavy (non-hydrogen) atoms. The van der Waals surface area contributed by atoms with Crippen molar-refractivity contribution < 1.29 is 0 Å². The molecule has 2 N–H and O–H groups in total. The molecule has 0 aliphatic heterocycles. The second-order valence-electron chi connectivity index (χ2n) is 4.74. The number of nitrogens with two attached hydrogens (primary N) is 1. The molecule has 0 bridgehead atoms. The van der Waals surface area contributed by atoms with Gasteiger partial charge in [0.15, 0.2) is 0 Å². The number of hydrogen-bond donors (Lipinski definition) is 1. The maximum Gasteiger partial charge on any atom is 0.0540 e. The highest BCUT2D eigenvalue weighted by Crippen LogP contribution is 2.20. The Balaban J connectivity index is 2.47. The number of aromatic nitrogens is 2. The highest BCUT2D eigenvalue weighted by molar-refractivity contribution is 5.19. The minimum atomic E-state index is 0.150. The fourth-order valence-electron chi connectivity index (χ4n) is 1.78. The normalized spacial score (nSPS) is 13.5. The lowest BCUT2D eigenvalue weighted by molar-refractivity contribution is 0.504. The molecule has 0 amide bonds. The molecule has 0 saturated heterocycles. The number of hydrogen-bond acceptors (Lipinski definition) is 2. The van der Waals surface area contributed by atoms with Gasteiger partial charge in [-0.05, 0) is 19.3 Å². The largest absolute Gasteiger partial charge is 0.324 e. The molecule has 0 aliphatic rings. The average Bonchev–Trinajstić information content (AvgIpc) is 2.47. The zero-order valence-electron chi connectivity index (χ0n) is 10.3. The van der Waals surface area contributed by atoms with Crippen molar-refractivity contribution in [2.45, 2.75) is 46.1 Å². The van der Waals surface area contributed by atoms with Crippen LogP contribution in [0.15, 0.2) is 6.20 Å². The first-order valence-electron chi connectivity index (χ1n) is 5.76. The van der Waals surface area contributed by atoms with Gasteiger partial charge in [0.1, 0.15) is 0 Å². The van der Waals surface area contributed by atoms with Gasteiger partial charge >= 0.3 is 0 Å². The molecule has 0 aliphatic carbocycles. The van der Waals surface area contributed by atoms with E-state index in [1.807, 2.05) is 17.9 Å². The van der Waals surface area contributed by atoms with Crippen LogP contribution in [0, 0.1) is 12.8 Å². The van der Waals surface area contributed by atoms with Gasteiger partial charge < -0.3 is 5.73 Å². The number of nitrogens with zero attached hydrogens (tertiary/aromatic N) is 2. The van der Waals surface area contributed by atoms with E-state index in [1.54, 1.807) is 0 Å². The van der Waals surface area contributed by atoms with Crippen LogP contribution in [0.25, 0.3) is 0 Å². The predicted molar refractivity (Wildman–Crippen MR) is 63.6 cm³/mol. The fourth-order valence-corrected chi connectivity index (χ4v) is 1.78. The molecule has 1 aromatic heterocycles. The lowest BCUT2D eigenvalue weighted by Gasteiger charge is -2.12. The van der Waals surface area contributed by atoms with E-state index in [2.05, 4.69) is 25.9 Å². The SMILES string of the molecule is Cc1c(C(N)CCCC(C)C)cnn1C. The summed E-state index contributed by atoms with van der Waals surface area (Å²) in [6, 6.07) is 0.150. The minimum absolute atomic E-state index is 0.150. The van der Waals surface area contributed by atoms with E-state index in [-0.39, 0.29) is 6.04 Å². The molecule has 1 rings (SSSR count). The van der Waals surface area contributed by atoms with Crippen molar-refractivity contribution in [2.24, 2.45) is 18.7 Å². The summed E-state index contributed by atoms with van der Waals surface area (Å²) >= 11 is 0. The van der Waals surface area contributed by atoms with Gasteiger partial charge in [0.25, 0.3) is 0 Å². The van der Waals surface area contributed by atoms with E-state index in [0.717, 1.165) is 12.3 Å². The summed E-state index contributed by atoms with van der Waals surface area (Å²) in [5.74, 6) is 0.771. The summed E-state index contributed by atoms with van der Waals surface area (Å²) in [5, 5.41) is 4.22. The van der Waals surface area contributed by atoms with Gasteiger partial charge in [-0.15, -0.1) is 0 Å². The zero-order valence-corrected chi connectivity index (χ0v) is 10.3. The quantitative estimate of drug-likeness (QED) is 0.810. The van der Waals surface area contributed by atoms with Gasteiger partial charge in [-0.3, -0.25) is 4.68 Å². The average molecular weight is 209 g/mol.